The Morgan fingerprint density at radius 3 is 2.93 bits per heavy atom. The first-order valence-electron chi connectivity index (χ1n) is 4.06. The first kappa shape index (κ1) is 10.5. The van der Waals surface area contributed by atoms with Gasteiger partial charge in [0.15, 0.2) is 0 Å². The number of hydrogen-bond donors (Lipinski definition) is 1. The average Bonchev–Trinajstić information content (AvgIpc) is 2.68. The number of nitrogens with one attached hydrogen (secondary N) is 1. The molecule has 0 aromatic heterocycles. The Morgan fingerprint density at radius 2 is 2.43 bits per heavy atom. The van der Waals surface area contributed by atoms with Crippen LogP contribution in [-0.2, 0) is 14.4 Å². The molecule has 1 heterocycles. The maximum Gasteiger partial charge on any atom is 0.415 e. The number of amides is 2. The first-order valence-corrected chi connectivity index (χ1v) is 4.06. The summed E-state index contributed by atoms with van der Waals surface area (Å²) in [7, 11) is 2.59. The third-order valence-corrected chi connectivity index (χ3v) is 1.78. The van der Waals surface area contributed by atoms with E-state index in [0.717, 1.165) is 4.90 Å². The monoisotopic (exact) mass is 200 g/mol. The van der Waals surface area contributed by atoms with Crippen molar-refractivity contribution in [1.29, 1.82) is 0 Å². The van der Waals surface area contributed by atoms with Crippen molar-refractivity contribution >= 4 is 12.0 Å². The number of nitrogens with zero attached hydrogens (tertiary/aromatic N) is 1. The fourth-order valence-corrected chi connectivity index (χ4v) is 0.947. The zero-order chi connectivity index (χ0) is 10.6. The van der Waals surface area contributed by atoms with Crippen molar-refractivity contribution < 1.29 is 19.2 Å². The predicted octanol–water partition coefficient (Wildman–Crippen LogP) is 0.0200. The number of hydrogen-bond acceptors (Lipinski definition) is 5. The largest absolute Gasteiger partial charge is 0.452 e. The normalized spacial score (nSPS) is 14.3. The van der Waals surface area contributed by atoms with Crippen LogP contribution in [-0.4, -0.2) is 37.7 Å². The lowest BCUT2D eigenvalue weighted by Crippen LogP contribution is -2.33. The van der Waals surface area contributed by atoms with Gasteiger partial charge in [-0.3, -0.25) is 20.0 Å². The SMILES string of the molecule is COC(=O)N(C)C(=O)CC1=CCON1. The summed E-state index contributed by atoms with van der Waals surface area (Å²) < 4.78 is 4.39. The molecule has 1 rings (SSSR count). The Morgan fingerprint density at radius 1 is 1.71 bits per heavy atom. The molecule has 0 aliphatic carbocycles. The molecule has 0 saturated carbocycles. The third-order valence-electron chi connectivity index (χ3n) is 1.78. The minimum atomic E-state index is -0.672. The lowest BCUT2D eigenvalue weighted by molar-refractivity contribution is -0.127. The minimum Gasteiger partial charge on any atom is -0.452 e. The van der Waals surface area contributed by atoms with E-state index >= 15 is 0 Å². The molecule has 14 heavy (non-hydrogen) atoms. The topological polar surface area (TPSA) is 67.9 Å². The van der Waals surface area contributed by atoms with Gasteiger partial charge in [0.1, 0.15) is 0 Å². The van der Waals surface area contributed by atoms with Crippen LogP contribution in [0, 0.1) is 0 Å². The van der Waals surface area contributed by atoms with Gasteiger partial charge < -0.3 is 4.74 Å². The maximum absolute atomic E-state index is 11.4. The molecule has 2 amide bonds. The number of imide groups is 1. The number of carbonyl (C=O) groups excluding carboxylic acids is 2. The Bertz CT molecular complexity index is 275. The van der Waals surface area contributed by atoms with E-state index in [1.165, 1.54) is 14.2 Å². The molecule has 0 unspecified atom stereocenters. The van der Waals surface area contributed by atoms with E-state index in [4.69, 9.17) is 4.84 Å². The molecule has 1 N–H and O–H groups in total. The van der Waals surface area contributed by atoms with Gasteiger partial charge in [0.05, 0.1) is 20.1 Å². The average molecular weight is 200 g/mol. The standard InChI is InChI=1S/C8H12N2O4/c1-10(8(12)13-2)7(11)5-6-3-4-14-9-6/h3,9H,4-5H2,1-2H3. The Kier molecular flexibility index (Phi) is 3.47. The van der Waals surface area contributed by atoms with Crippen LogP contribution in [0.2, 0.25) is 0 Å². The van der Waals surface area contributed by atoms with E-state index in [2.05, 4.69) is 10.2 Å². The van der Waals surface area contributed by atoms with E-state index in [9.17, 15) is 9.59 Å². The number of carbonyl (C=O) groups is 2. The van der Waals surface area contributed by atoms with E-state index in [0.29, 0.717) is 12.3 Å². The molecule has 0 saturated heterocycles. The molecule has 0 atom stereocenters. The Labute approximate surface area is 81.4 Å². The number of rotatable bonds is 2. The lowest BCUT2D eigenvalue weighted by atomic mass is 10.3. The van der Waals surface area contributed by atoms with E-state index in [1.807, 2.05) is 0 Å². The zero-order valence-corrected chi connectivity index (χ0v) is 8.07. The van der Waals surface area contributed by atoms with E-state index in [-0.39, 0.29) is 12.3 Å². The third kappa shape index (κ3) is 2.46. The lowest BCUT2D eigenvalue weighted by Gasteiger charge is -2.13. The van der Waals surface area contributed by atoms with Gasteiger partial charge in [-0.25, -0.2) is 4.79 Å². The van der Waals surface area contributed by atoms with Crippen LogP contribution in [0.5, 0.6) is 0 Å². The summed E-state index contributed by atoms with van der Waals surface area (Å²) in [6.45, 7) is 0.435. The van der Waals surface area contributed by atoms with E-state index < -0.39 is 6.09 Å². The van der Waals surface area contributed by atoms with Gasteiger partial charge in [-0.1, -0.05) is 0 Å². The molecule has 0 bridgehead atoms. The summed E-state index contributed by atoms with van der Waals surface area (Å²) in [6, 6.07) is 0. The summed E-state index contributed by atoms with van der Waals surface area (Å²) >= 11 is 0. The van der Waals surface area contributed by atoms with E-state index in [1.54, 1.807) is 6.08 Å². The van der Waals surface area contributed by atoms with Crippen molar-refractivity contribution in [2.75, 3.05) is 20.8 Å². The minimum absolute atomic E-state index is 0.103. The summed E-state index contributed by atoms with van der Waals surface area (Å²) in [5.41, 5.74) is 3.22. The summed E-state index contributed by atoms with van der Waals surface area (Å²) in [5.74, 6) is -0.346. The highest BCUT2D eigenvalue weighted by Crippen LogP contribution is 2.05. The van der Waals surface area contributed by atoms with Crippen LogP contribution in [0.25, 0.3) is 0 Å². The van der Waals surface area contributed by atoms with Gasteiger partial charge in [-0.2, -0.15) is 0 Å². The zero-order valence-electron chi connectivity index (χ0n) is 8.07. The summed E-state index contributed by atoms with van der Waals surface area (Å²) in [6.07, 6.45) is 1.17. The number of hydroxylamine groups is 1. The molecule has 1 aliphatic heterocycles. The molecule has 1 aliphatic rings. The highest BCUT2D eigenvalue weighted by atomic mass is 16.6. The molecule has 0 aromatic rings. The molecular formula is C8H12N2O4. The van der Waals surface area contributed by atoms with Gasteiger partial charge in [-0.15, -0.1) is 0 Å². The number of ether oxygens (including phenoxy) is 1. The Balaban J connectivity index is 2.44. The fraction of sp³-hybridized carbons (Fsp3) is 0.500. The fourth-order valence-electron chi connectivity index (χ4n) is 0.947. The van der Waals surface area contributed by atoms with Crippen LogP contribution in [0.3, 0.4) is 0 Å². The molecular weight excluding hydrogens is 188 g/mol. The van der Waals surface area contributed by atoms with Crippen LogP contribution < -0.4 is 5.48 Å². The van der Waals surface area contributed by atoms with Gasteiger partial charge in [0.25, 0.3) is 0 Å². The van der Waals surface area contributed by atoms with Crippen molar-refractivity contribution in [3.63, 3.8) is 0 Å². The van der Waals surface area contributed by atoms with Crippen LogP contribution in [0.15, 0.2) is 11.8 Å². The molecule has 0 fully saturated rings. The summed E-state index contributed by atoms with van der Waals surface area (Å²) in [4.78, 5) is 28.0. The van der Waals surface area contributed by atoms with Gasteiger partial charge >= 0.3 is 6.09 Å². The predicted molar refractivity (Wildman–Crippen MR) is 47.0 cm³/mol. The van der Waals surface area contributed by atoms with Crippen LogP contribution >= 0.6 is 0 Å². The number of methoxy groups -OCH3 is 1. The van der Waals surface area contributed by atoms with Crippen LogP contribution in [0.4, 0.5) is 4.79 Å². The summed E-state index contributed by atoms with van der Waals surface area (Å²) in [5, 5.41) is 0. The molecule has 0 aromatic carbocycles. The van der Waals surface area contributed by atoms with Crippen molar-refractivity contribution in [3.8, 4) is 0 Å². The van der Waals surface area contributed by atoms with Gasteiger partial charge in [0, 0.05) is 12.7 Å². The van der Waals surface area contributed by atoms with Crippen molar-refractivity contribution in [1.82, 2.24) is 10.4 Å². The highest BCUT2D eigenvalue weighted by molar-refractivity contribution is 5.92. The second-order valence-electron chi connectivity index (χ2n) is 2.74. The van der Waals surface area contributed by atoms with Gasteiger partial charge in [0.2, 0.25) is 5.91 Å². The first-order chi connectivity index (χ1) is 6.65. The van der Waals surface area contributed by atoms with Crippen molar-refractivity contribution in [3.05, 3.63) is 11.8 Å². The smallest absolute Gasteiger partial charge is 0.415 e. The molecule has 0 spiro atoms. The second kappa shape index (κ2) is 4.61. The quantitative estimate of drug-likeness (QED) is 0.680. The molecule has 78 valence electrons. The second-order valence-corrected chi connectivity index (χ2v) is 2.74. The molecule has 0 radical (unpaired) electrons. The van der Waals surface area contributed by atoms with Crippen LogP contribution in [0.1, 0.15) is 6.42 Å². The molecule has 6 heteroatoms. The Hall–Kier alpha value is -1.56. The van der Waals surface area contributed by atoms with Crippen molar-refractivity contribution in [2.24, 2.45) is 0 Å². The van der Waals surface area contributed by atoms with Gasteiger partial charge in [-0.05, 0) is 6.08 Å². The molecule has 6 nitrogen and oxygen atoms in total. The van der Waals surface area contributed by atoms with Crippen molar-refractivity contribution in [2.45, 2.75) is 6.42 Å². The highest BCUT2D eigenvalue weighted by Gasteiger charge is 2.19. The maximum atomic E-state index is 11.4.